The second-order valence-corrected chi connectivity index (χ2v) is 8.30. The van der Waals surface area contributed by atoms with E-state index in [4.69, 9.17) is 0 Å². The average Bonchev–Trinajstić information content (AvgIpc) is 3.17. The predicted octanol–water partition coefficient (Wildman–Crippen LogP) is 2.65. The van der Waals surface area contributed by atoms with Crippen molar-refractivity contribution < 1.29 is 0 Å². The van der Waals surface area contributed by atoms with Crippen LogP contribution in [0.3, 0.4) is 0 Å². The van der Waals surface area contributed by atoms with Crippen LogP contribution in [0.5, 0.6) is 0 Å². The van der Waals surface area contributed by atoms with Gasteiger partial charge in [-0.1, -0.05) is 0 Å². The van der Waals surface area contributed by atoms with Gasteiger partial charge in [-0.15, -0.1) is 0 Å². The van der Waals surface area contributed by atoms with Gasteiger partial charge in [0.1, 0.15) is 11.7 Å². The van der Waals surface area contributed by atoms with Crippen LogP contribution in [0.25, 0.3) is 11.0 Å². The Morgan fingerprint density at radius 3 is 2.88 bits per heavy atom. The molecule has 3 heterocycles. The largest absolute Gasteiger partial charge is 0.326 e. The van der Waals surface area contributed by atoms with E-state index in [-0.39, 0.29) is 5.54 Å². The molecule has 0 aromatic carbocycles. The van der Waals surface area contributed by atoms with Crippen LogP contribution in [-0.2, 0) is 12.1 Å². The van der Waals surface area contributed by atoms with Crippen molar-refractivity contribution in [1.29, 1.82) is 5.26 Å². The topological polar surface area (TPSA) is 77.7 Å². The third-order valence-corrected chi connectivity index (χ3v) is 5.20. The summed E-state index contributed by atoms with van der Waals surface area (Å²) in [6.07, 6.45) is 6.22. The fraction of sp³-hybridized carbons (Fsp3) is 0.600. The van der Waals surface area contributed by atoms with Crippen LogP contribution in [-0.4, -0.2) is 28.7 Å². The minimum absolute atomic E-state index is 0.0960. The van der Waals surface area contributed by atoms with Crippen molar-refractivity contribution in [1.82, 2.24) is 25.7 Å². The van der Waals surface area contributed by atoms with E-state index in [1.807, 2.05) is 12.4 Å². The summed E-state index contributed by atoms with van der Waals surface area (Å²) in [5.74, 6) is 0.713. The number of nitrogens with zero attached hydrogens (tertiary/aromatic N) is 3. The van der Waals surface area contributed by atoms with Gasteiger partial charge < -0.3 is 9.88 Å². The molecule has 0 bridgehead atoms. The summed E-state index contributed by atoms with van der Waals surface area (Å²) in [4.78, 5) is 4.64. The van der Waals surface area contributed by atoms with Crippen molar-refractivity contribution in [3.05, 3.63) is 29.6 Å². The number of hydrogen-bond acceptors (Lipinski definition) is 5. The van der Waals surface area contributed by atoms with Gasteiger partial charge in [0.05, 0.1) is 5.56 Å². The molecule has 2 aromatic heterocycles. The number of nitriles is 1. The molecule has 2 atom stereocenters. The van der Waals surface area contributed by atoms with Gasteiger partial charge in [0.15, 0.2) is 0 Å². The van der Waals surface area contributed by atoms with E-state index in [1.165, 1.54) is 6.42 Å². The maximum Gasteiger partial charge on any atom is 0.141 e. The van der Waals surface area contributed by atoms with Crippen LogP contribution < -0.4 is 16.2 Å². The van der Waals surface area contributed by atoms with Crippen molar-refractivity contribution >= 4 is 11.0 Å². The fourth-order valence-electron chi connectivity index (χ4n) is 3.57. The zero-order valence-corrected chi connectivity index (χ0v) is 16.3. The Kier molecular flexibility index (Phi) is 5.61. The second-order valence-electron chi connectivity index (χ2n) is 8.30. The van der Waals surface area contributed by atoms with E-state index in [0.717, 1.165) is 42.7 Å². The normalized spacial score (nSPS) is 20.6. The molecule has 1 aliphatic rings. The number of hydrazine groups is 1. The van der Waals surface area contributed by atoms with Crippen LogP contribution >= 0.6 is 0 Å². The molecule has 0 aliphatic carbocycles. The fourth-order valence-corrected chi connectivity index (χ4v) is 3.57. The minimum Gasteiger partial charge on any atom is -0.326 e. The molecule has 140 valence electrons. The van der Waals surface area contributed by atoms with Crippen LogP contribution in [0.15, 0.2) is 18.5 Å². The Morgan fingerprint density at radius 1 is 1.42 bits per heavy atom. The summed E-state index contributed by atoms with van der Waals surface area (Å²) >= 11 is 0. The van der Waals surface area contributed by atoms with Crippen LogP contribution in [0.4, 0.5) is 0 Å². The Labute approximate surface area is 156 Å². The lowest BCUT2D eigenvalue weighted by Gasteiger charge is -2.21. The molecule has 6 nitrogen and oxygen atoms in total. The summed E-state index contributed by atoms with van der Waals surface area (Å²) in [6.45, 7) is 11.4. The highest BCUT2D eigenvalue weighted by molar-refractivity contribution is 5.84. The third kappa shape index (κ3) is 4.07. The lowest BCUT2D eigenvalue weighted by molar-refractivity contribution is 0.408. The first-order valence-corrected chi connectivity index (χ1v) is 9.50. The van der Waals surface area contributed by atoms with Gasteiger partial charge >= 0.3 is 0 Å². The Balaban J connectivity index is 1.60. The molecule has 0 amide bonds. The molecule has 1 aliphatic heterocycles. The molecule has 0 spiro atoms. The number of fused-ring (bicyclic) bond motifs is 1. The number of pyridine rings is 1. The Hall–Kier alpha value is -1.94. The summed E-state index contributed by atoms with van der Waals surface area (Å²) in [5.41, 5.74) is 9.10. The molecule has 0 saturated carbocycles. The van der Waals surface area contributed by atoms with Gasteiger partial charge in [0.25, 0.3) is 0 Å². The minimum atomic E-state index is -0.0960. The van der Waals surface area contributed by atoms with Crippen LogP contribution in [0.1, 0.15) is 51.7 Å². The van der Waals surface area contributed by atoms with E-state index < -0.39 is 0 Å². The molecule has 2 unspecified atom stereocenters. The number of rotatable bonds is 6. The zero-order valence-electron chi connectivity index (χ0n) is 16.3. The first-order valence-electron chi connectivity index (χ1n) is 9.50. The van der Waals surface area contributed by atoms with Gasteiger partial charge in [0, 0.05) is 42.5 Å². The molecular formula is C20H30N6. The van der Waals surface area contributed by atoms with Crippen molar-refractivity contribution in [2.24, 2.45) is 5.92 Å². The molecule has 26 heavy (non-hydrogen) atoms. The van der Waals surface area contributed by atoms with Crippen LogP contribution in [0.2, 0.25) is 0 Å². The zero-order chi connectivity index (χ0) is 18.7. The third-order valence-electron chi connectivity index (χ3n) is 5.20. The quantitative estimate of drug-likeness (QED) is 0.695. The molecule has 2 aromatic rings. The van der Waals surface area contributed by atoms with Crippen molar-refractivity contribution in [2.45, 2.75) is 58.7 Å². The van der Waals surface area contributed by atoms with Gasteiger partial charge in [-0.05, 0) is 64.6 Å². The van der Waals surface area contributed by atoms with E-state index in [0.29, 0.717) is 17.5 Å². The smallest absolute Gasteiger partial charge is 0.141 e. The summed E-state index contributed by atoms with van der Waals surface area (Å²) < 4.78 is 2.09. The van der Waals surface area contributed by atoms with Gasteiger partial charge in [-0.25, -0.2) is 4.98 Å². The highest BCUT2D eigenvalue weighted by Crippen LogP contribution is 2.26. The van der Waals surface area contributed by atoms with Crippen molar-refractivity contribution in [3.63, 3.8) is 0 Å². The Bertz CT molecular complexity index is 795. The van der Waals surface area contributed by atoms with Gasteiger partial charge in [-0.2, -0.15) is 5.26 Å². The SMILES string of the molecule is CC1NNCC1CCCNCc1cnc2c(c1)c(C#N)cn2C(C)(C)C. The van der Waals surface area contributed by atoms with E-state index in [1.54, 1.807) is 0 Å². The molecule has 3 rings (SSSR count). The molecule has 0 radical (unpaired) electrons. The standard InChI is InChI=1S/C20H30N6/c1-14-16(12-24-25-14)6-5-7-22-10-15-8-18-17(9-21)13-26(20(2,3)4)19(18)23-11-15/h8,11,13-14,16,22,24-25H,5-7,10,12H2,1-4H3. The van der Waals surface area contributed by atoms with E-state index in [2.05, 4.69) is 65.5 Å². The summed E-state index contributed by atoms with van der Waals surface area (Å²) in [7, 11) is 0. The number of aromatic nitrogens is 2. The van der Waals surface area contributed by atoms with E-state index in [9.17, 15) is 5.26 Å². The first kappa shape index (κ1) is 18.8. The molecule has 1 saturated heterocycles. The van der Waals surface area contributed by atoms with Gasteiger partial charge in [0.2, 0.25) is 0 Å². The maximum absolute atomic E-state index is 9.46. The highest BCUT2D eigenvalue weighted by Gasteiger charge is 2.22. The van der Waals surface area contributed by atoms with Crippen molar-refractivity contribution in [3.8, 4) is 6.07 Å². The monoisotopic (exact) mass is 354 g/mol. The van der Waals surface area contributed by atoms with Crippen molar-refractivity contribution in [2.75, 3.05) is 13.1 Å². The van der Waals surface area contributed by atoms with Gasteiger partial charge in [-0.3, -0.25) is 10.9 Å². The molecule has 3 N–H and O–H groups in total. The molecular weight excluding hydrogens is 324 g/mol. The van der Waals surface area contributed by atoms with Crippen LogP contribution in [0, 0.1) is 17.2 Å². The summed E-state index contributed by atoms with van der Waals surface area (Å²) in [5, 5.41) is 13.9. The predicted molar refractivity (Wildman–Crippen MR) is 104 cm³/mol. The van der Waals surface area contributed by atoms with E-state index >= 15 is 0 Å². The second kappa shape index (κ2) is 7.75. The Morgan fingerprint density at radius 2 is 2.23 bits per heavy atom. The first-order chi connectivity index (χ1) is 12.4. The molecule has 6 heteroatoms. The summed E-state index contributed by atoms with van der Waals surface area (Å²) in [6, 6.07) is 4.96. The lowest BCUT2D eigenvalue weighted by atomic mass is 9.98. The maximum atomic E-state index is 9.46. The average molecular weight is 355 g/mol. The molecule has 1 fully saturated rings. The number of hydrogen-bond donors (Lipinski definition) is 3. The lowest BCUT2D eigenvalue weighted by Crippen LogP contribution is -2.28. The highest BCUT2D eigenvalue weighted by atomic mass is 15.4. The number of nitrogens with one attached hydrogen (secondary N) is 3.